The molecule has 1 fully saturated rings. The quantitative estimate of drug-likeness (QED) is 0.566. The molecule has 1 aromatic carbocycles. The van der Waals surface area contributed by atoms with Crippen LogP contribution in [0.3, 0.4) is 0 Å². The van der Waals surface area contributed by atoms with Crippen molar-refractivity contribution in [2.24, 2.45) is 0 Å². The van der Waals surface area contributed by atoms with Crippen molar-refractivity contribution in [1.29, 1.82) is 0 Å². The molecule has 0 radical (unpaired) electrons. The molecule has 10 nitrogen and oxygen atoms in total. The molecule has 0 bridgehead atoms. The van der Waals surface area contributed by atoms with Gasteiger partial charge in [-0.15, -0.1) is 0 Å². The summed E-state index contributed by atoms with van der Waals surface area (Å²) in [5.74, 6) is 1.39. The lowest BCUT2D eigenvalue weighted by atomic mass is 10.2. The second kappa shape index (κ2) is 10.2. The number of hydrogen-bond acceptors (Lipinski definition) is 8. The fourth-order valence-electron chi connectivity index (χ4n) is 3.27. The molecule has 11 heteroatoms. The molecule has 170 valence electrons. The second-order valence-corrected chi connectivity index (χ2v) is 9.26. The third kappa shape index (κ3) is 6.03. The maximum absolute atomic E-state index is 13.0. The Morgan fingerprint density at radius 2 is 1.90 bits per heavy atom. The predicted octanol–water partition coefficient (Wildman–Crippen LogP) is 1.26. The van der Waals surface area contributed by atoms with Crippen LogP contribution >= 0.6 is 0 Å². The first-order valence-corrected chi connectivity index (χ1v) is 11.4. The van der Waals surface area contributed by atoms with E-state index in [1.165, 1.54) is 4.31 Å². The van der Waals surface area contributed by atoms with Gasteiger partial charge in [0.2, 0.25) is 15.9 Å². The van der Waals surface area contributed by atoms with Crippen LogP contribution in [0.25, 0.3) is 0 Å². The van der Waals surface area contributed by atoms with Crippen molar-refractivity contribution in [3.63, 3.8) is 0 Å². The van der Waals surface area contributed by atoms with E-state index in [4.69, 9.17) is 14.0 Å². The Bertz CT molecular complexity index is 999. The van der Waals surface area contributed by atoms with Gasteiger partial charge in [0.05, 0.1) is 18.0 Å². The summed E-state index contributed by atoms with van der Waals surface area (Å²) in [6.45, 7) is 6.11. The minimum Gasteiger partial charge on any atom is -0.491 e. The van der Waals surface area contributed by atoms with Gasteiger partial charge in [0.25, 0.3) is 0 Å². The van der Waals surface area contributed by atoms with Gasteiger partial charge in [0.1, 0.15) is 18.1 Å². The molecule has 2 heterocycles. The predicted molar refractivity (Wildman–Crippen MR) is 114 cm³/mol. The van der Waals surface area contributed by atoms with E-state index < -0.39 is 10.0 Å². The highest BCUT2D eigenvalue weighted by Gasteiger charge is 2.29. The van der Waals surface area contributed by atoms with Crippen LogP contribution in [0.15, 0.2) is 33.7 Å². The van der Waals surface area contributed by atoms with Gasteiger partial charge in [0, 0.05) is 39.4 Å². The number of carbonyl (C=O) groups is 1. The number of methoxy groups -OCH3 is 1. The molecule has 1 aromatic heterocycles. The Hall–Kier alpha value is -2.47. The average Bonchev–Trinajstić information content (AvgIpc) is 3.14. The summed E-state index contributed by atoms with van der Waals surface area (Å²) in [5, 5.41) is 6.40. The Labute approximate surface area is 182 Å². The molecule has 1 aliphatic rings. The lowest BCUT2D eigenvalue weighted by Crippen LogP contribution is -2.50. The van der Waals surface area contributed by atoms with Crippen molar-refractivity contribution in [1.82, 2.24) is 14.4 Å². The van der Waals surface area contributed by atoms with E-state index in [0.29, 0.717) is 56.7 Å². The van der Waals surface area contributed by atoms with Crippen molar-refractivity contribution >= 4 is 21.7 Å². The number of anilines is 1. The first kappa shape index (κ1) is 23.2. The number of nitrogens with one attached hydrogen (secondary N) is 1. The first-order valence-electron chi connectivity index (χ1n) is 9.97. The average molecular weight is 453 g/mol. The number of aryl methyl sites for hydroxylation is 2. The number of benzene rings is 1. The molecule has 0 spiro atoms. The fourth-order valence-corrected chi connectivity index (χ4v) is 4.77. The molecule has 3 rings (SSSR count). The van der Waals surface area contributed by atoms with Crippen LogP contribution in [0.1, 0.15) is 11.3 Å². The molecule has 2 aromatic rings. The number of ether oxygens (including phenoxy) is 2. The number of sulfonamides is 1. The highest BCUT2D eigenvalue weighted by Crippen LogP contribution is 2.24. The van der Waals surface area contributed by atoms with Gasteiger partial charge in [-0.25, -0.2) is 8.42 Å². The number of rotatable bonds is 9. The molecule has 31 heavy (non-hydrogen) atoms. The van der Waals surface area contributed by atoms with Gasteiger partial charge >= 0.3 is 0 Å². The Morgan fingerprint density at radius 1 is 1.16 bits per heavy atom. The van der Waals surface area contributed by atoms with Gasteiger partial charge in [-0.2, -0.15) is 4.31 Å². The van der Waals surface area contributed by atoms with Gasteiger partial charge in [-0.3, -0.25) is 9.69 Å². The molecule has 1 aliphatic heterocycles. The topological polar surface area (TPSA) is 114 Å². The largest absolute Gasteiger partial charge is 0.491 e. The molecular weight excluding hydrogens is 424 g/mol. The van der Waals surface area contributed by atoms with E-state index in [2.05, 4.69) is 10.5 Å². The standard InChI is InChI=1S/C20H28N4O6S/c1-15-12-17(4-5-18(15)29-11-10-28-3)31(26,27)24-8-6-23(7-9-24)14-20(25)21-19-13-16(2)30-22-19/h4-5,12-13H,6-11,14H2,1-3H3,(H,21,22,25). The van der Waals surface area contributed by atoms with Crippen molar-refractivity contribution in [3.8, 4) is 5.75 Å². The Balaban J connectivity index is 1.54. The molecule has 0 aliphatic carbocycles. The molecule has 0 atom stereocenters. The van der Waals surface area contributed by atoms with Crippen LogP contribution < -0.4 is 10.1 Å². The Kier molecular flexibility index (Phi) is 7.65. The summed E-state index contributed by atoms with van der Waals surface area (Å²) in [6, 6.07) is 6.49. The van der Waals surface area contributed by atoms with E-state index in [0.717, 1.165) is 5.56 Å². The van der Waals surface area contributed by atoms with Gasteiger partial charge < -0.3 is 19.3 Å². The normalized spacial score (nSPS) is 15.7. The first-order chi connectivity index (χ1) is 14.8. The van der Waals surface area contributed by atoms with E-state index in [9.17, 15) is 13.2 Å². The number of amides is 1. The van der Waals surface area contributed by atoms with Gasteiger partial charge in [-0.1, -0.05) is 5.16 Å². The van der Waals surface area contributed by atoms with Crippen LogP contribution in [-0.4, -0.2) is 81.7 Å². The summed E-state index contributed by atoms with van der Waals surface area (Å²) in [4.78, 5) is 14.3. The minimum absolute atomic E-state index is 0.159. The third-order valence-electron chi connectivity index (χ3n) is 4.92. The number of piperazine rings is 1. The molecule has 0 unspecified atom stereocenters. The van der Waals surface area contributed by atoms with Gasteiger partial charge in [0.15, 0.2) is 5.82 Å². The number of nitrogens with zero attached hydrogens (tertiary/aromatic N) is 3. The maximum Gasteiger partial charge on any atom is 0.243 e. The molecular formula is C20H28N4O6S. The highest BCUT2D eigenvalue weighted by atomic mass is 32.2. The monoisotopic (exact) mass is 452 g/mol. The van der Waals surface area contributed by atoms with Crippen LogP contribution in [-0.2, 0) is 19.6 Å². The van der Waals surface area contributed by atoms with Crippen molar-refractivity contribution in [2.75, 3.05) is 58.4 Å². The number of hydrogen-bond donors (Lipinski definition) is 1. The molecule has 0 saturated carbocycles. The lowest BCUT2D eigenvalue weighted by Gasteiger charge is -2.33. The second-order valence-electron chi connectivity index (χ2n) is 7.32. The van der Waals surface area contributed by atoms with Crippen LogP contribution in [0.5, 0.6) is 5.75 Å². The number of aromatic nitrogens is 1. The summed E-state index contributed by atoms with van der Waals surface area (Å²) in [5.41, 5.74) is 0.746. The van der Waals surface area contributed by atoms with E-state index in [-0.39, 0.29) is 17.3 Å². The van der Waals surface area contributed by atoms with Crippen molar-refractivity contribution in [3.05, 3.63) is 35.6 Å². The van der Waals surface area contributed by atoms with E-state index in [1.807, 2.05) is 11.8 Å². The zero-order valence-corrected chi connectivity index (χ0v) is 18.8. The van der Waals surface area contributed by atoms with Crippen LogP contribution in [0.4, 0.5) is 5.82 Å². The summed E-state index contributed by atoms with van der Waals surface area (Å²) >= 11 is 0. The van der Waals surface area contributed by atoms with Gasteiger partial charge in [-0.05, 0) is 37.6 Å². The maximum atomic E-state index is 13.0. The Morgan fingerprint density at radius 3 is 2.52 bits per heavy atom. The fraction of sp³-hybridized carbons (Fsp3) is 0.500. The smallest absolute Gasteiger partial charge is 0.243 e. The zero-order chi connectivity index (χ0) is 22.4. The SMILES string of the molecule is COCCOc1ccc(S(=O)(=O)N2CCN(CC(=O)Nc3cc(C)on3)CC2)cc1C. The van der Waals surface area contributed by atoms with Crippen LogP contribution in [0, 0.1) is 13.8 Å². The molecule has 1 N–H and O–H groups in total. The van der Waals surface area contributed by atoms with E-state index in [1.54, 1.807) is 38.3 Å². The zero-order valence-electron chi connectivity index (χ0n) is 18.0. The van der Waals surface area contributed by atoms with Crippen molar-refractivity contribution in [2.45, 2.75) is 18.7 Å². The van der Waals surface area contributed by atoms with Crippen LogP contribution in [0.2, 0.25) is 0 Å². The molecule has 1 saturated heterocycles. The van der Waals surface area contributed by atoms with E-state index >= 15 is 0 Å². The summed E-state index contributed by atoms with van der Waals surface area (Å²) in [6.07, 6.45) is 0. The third-order valence-corrected chi connectivity index (χ3v) is 6.82. The lowest BCUT2D eigenvalue weighted by molar-refractivity contribution is -0.117. The molecule has 1 amide bonds. The summed E-state index contributed by atoms with van der Waals surface area (Å²) < 4.78 is 43.0. The highest BCUT2D eigenvalue weighted by molar-refractivity contribution is 7.89. The van der Waals surface area contributed by atoms with Crippen molar-refractivity contribution < 1.29 is 27.2 Å². The minimum atomic E-state index is -3.62. The number of carbonyl (C=O) groups excluding carboxylic acids is 1. The summed E-state index contributed by atoms with van der Waals surface area (Å²) in [7, 11) is -2.03.